The van der Waals surface area contributed by atoms with Crippen molar-refractivity contribution in [2.75, 3.05) is 13.2 Å². The Balaban J connectivity index is 1.22. The zero-order valence-corrected chi connectivity index (χ0v) is 21.2. The SMILES string of the molecule is C/C(=N\OC(=O)OCC1CCCCN1)[C@H]1CC[C@H]2[C@@H]3CCC4=CC(=O)CC[C@]4(C)[C@H]3CC[C@]12C. The molecule has 1 saturated heterocycles. The molecule has 188 valence electrons. The van der Waals surface area contributed by atoms with Gasteiger partial charge in [-0.15, -0.1) is 0 Å². The Labute approximate surface area is 204 Å². The summed E-state index contributed by atoms with van der Waals surface area (Å²) in [6, 6.07) is 0.228. The third kappa shape index (κ3) is 4.25. The van der Waals surface area contributed by atoms with Gasteiger partial charge in [-0.2, -0.15) is 0 Å². The Morgan fingerprint density at radius 3 is 2.74 bits per heavy atom. The lowest BCUT2D eigenvalue weighted by atomic mass is 9.46. The number of rotatable bonds is 4. The van der Waals surface area contributed by atoms with Gasteiger partial charge in [0.1, 0.15) is 6.61 Å². The molecule has 0 aromatic heterocycles. The second-order valence-corrected chi connectivity index (χ2v) is 12.2. The van der Waals surface area contributed by atoms with Crippen molar-refractivity contribution in [1.29, 1.82) is 0 Å². The van der Waals surface area contributed by atoms with Gasteiger partial charge in [-0.3, -0.25) is 9.63 Å². The zero-order valence-electron chi connectivity index (χ0n) is 21.2. The number of nitrogens with zero attached hydrogens (tertiary/aromatic N) is 1. The van der Waals surface area contributed by atoms with E-state index in [0.29, 0.717) is 36.6 Å². The number of fused-ring (bicyclic) bond motifs is 5. The number of nitrogens with one attached hydrogen (secondary N) is 1. The molecule has 0 amide bonds. The van der Waals surface area contributed by atoms with Crippen LogP contribution in [0.25, 0.3) is 0 Å². The first-order valence-corrected chi connectivity index (χ1v) is 13.7. The summed E-state index contributed by atoms with van der Waals surface area (Å²) in [7, 11) is 0. The number of ether oxygens (including phenoxy) is 1. The van der Waals surface area contributed by atoms with E-state index in [9.17, 15) is 9.59 Å². The van der Waals surface area contributed by atoms with E-state index in [1.807, 2.05) is 13.0 Å². The number of piperidine rings is 1. The number of carbonyl (C=O) groups is 2. The van der Waals surface area contributed by atoms with Gasteiger partial charge in [0.25, 0.3) is 0 Å². The molecule has 0 aromatic rings. The van der Waals surface area contributed by atoms with E-state index in [4.69, 9.17) is 9.57 Å². The van der Waals surface area contributed by atoms with E-state index < -0.39 is 6.16 Å². The van der Waals surface area contributed by atoms with Crippen molar-refractivity contribution >= 4 is 17.7 Å². The highest BCUT2D eigenvalue weighted by atomic mass is 16.8. The molecule has 6 heteroatoms. The van der Waals surface area contributed by atoms with Crippen molar-refractivity contribution in [2.45, 2.75) is 97.4 Å². The van der Waals surface area contributed by atoms with Crippen LogP contribution in [0.4, 0.5) is 4.79 Å². The molecule has 1 aliphatic heterocycles. The molecule has 1 unspecified atom stereocenters. The minimum absolute atomic E-state index is 0.204. The standard InChI is InChI=1S/C28H42N2O4/c1-18(30-34-26(32)33-17-20-6-4-5-15-29-20)23-9-10-24-22-8-7-19-16-21(31)11-13-27(19,2)25(22)12-14-28(23,24)3/h16,20,22-25,29H,4-15,17H2,1-3H3/b30-18+/t20?,22-,23+,24-,25-,27-,28+/m0/s1. The number of carbonyl (C=O) groups excluding carboxylic acids is 2. The minimum atomic E-state index is -0.693. The molecule has 0 spiro atoms. The maximum absolute atomic E-state index is 12.1. The molecule has 0 radical (unpaired) electrons. The van der Waals surface area contributed by atoms with Crippen LogP contribution in [0.5, 0.6) is 0 Å². The van der Waals surface area contributed by atoms with Gasteiger partial charge in [-0.25, -0.2) is 4.79 Å². The highest BCUT2D eigenvalue weighted by Gasteiger charge is 2.59. The average Bonchev–Trinajstić information content (AvgIpc) is 3.19. The first kappa shape index (κ1) is 24.0. The fourth-order valence-corrected chi connectivity index (χ4v) is 8.68. The molecular formula is C28H42N2O4. The highest BCUT2D eigenvalue weighted by Crippen LogP contribution is 2.66. The van der Waals surface area contributed by atoms with Gasteiger partial charge < -0.3 is 10.1 Å². The van der Waals surface area contributed by atoms with E-state index in [1.54, 1.807) is 0 Å². The van der Waals surface area contributed by atoms with Crippen LogP contribution in [0.1, 0.15) is 91.4 Å². The molecule has 0 bridgehead atoms. The van der Waals surface area contributed by atoms with Crippen LogP contribution >= 0.6 is 0 Å². The van der Waals surface area contributed by atoms with Gasteiger partial charge in [0, 0.05) is 18.4 Å². The predicted molar refractivity (Wildman–Crippen MR) is 131 cm³/mol. The van der Waals surface area contributed by atoms with Gasteiger partial charge in [-0.05, 0) is 106 Å². The molecule has 5 aliphatic rings. The maximum Gasteiger partial charge on any atom is 0.535 e. The molecule has 4 fully saturated rings. The van der Waals surface area contributed by atoms with Crippen LogP contribution in [0, 0.1) is 34.5 Å². The topological polar surface area (TPSA) is 77.0 Å². The highest BCUT2D eigenvalue weighted by molar-refractivity contribution is 5.91. The fourth-order valence-electron chi connectivity index (χ4n) is 8.68. The third-order valence-electron chi connectivity index (χ3n) is 10.5. The minimum Gasteiger partial charge on any atom is -0.431 e. The molecule has 1 heterocycles. The summed E-state index contributed by atoms with van der Waals surface area (Å²) in [5.41, 5.74) is 2.77. The molecule has 0 aromatic carbocycles. The van der Waals surface area contributed by atoms with E-state index in [0.717, 1.165) is 43.9 Å². The molecule has 34 heavy (non-hydrogen) atoms. The number of ketones is 1. The van der Waals surface area contributed by atoms with Crippen LogP contribution in [0.15, 0.2) is 16.8 Å². The monoisotopic (exact) mass is 470 g/mol. The maximum atomic E-state index is 12.1. The van der Waals surface area contributed by atoms with Gasteiger partial charge in [0.15, 0.2) is 5.78 Å². The largest absolute Gasteiger partial charge is 0.535 e. The molecule has 4 aliphatic carbocycles. The fraction of sp³-hybridized carbons (Fsp3) is 0.821. The smallest absolute Gasteiger partial charge is 0.431 e. The number of allylic oxidation sites excluding steroid dienone is 1. The Morgan fingerprint density at radius 1 is 1.09 bits per heavy atom. The number of hydrogen-bond acceptors (Lipinski definition) is 6. The lowest BCUT2D eigenvalue weighted by Gasteiger charge is -2.58. The first-order chi connectivity index (χ1) is 16.3. The summed E-state index contributed by atoms with van der Waals surface area (Å²) in [4.78, 5) is 29.4. The van der Waals surface area contributed by atoms with Gasteiger partial charge >= 0.3 is 6.16 Å². The quantitative estimate of drug-likeness (QED) is 0.243. The molecular weight excluding hydrogens is 428 g/mol. The first-order valence-electron chi connectivity index (χ1n) is 13.7. The predicted octanol–water partition coefficient (Wildman–Crippen LogP) is 5.81. The van der Waals surface area contributed by atoms with E-state index in [-0.39, 0.29) is 16.9 Å². The van der Waals surface area contributed by atoms with Crippen molar-refractivity contribution in [3.8, 4) is 0 Å². The lowest BCUT2D eigenvalue weighted by molar-refractivity contribution is -0.117. The Bertz CT molecular complexity index is 876. The number of oxime groups is 1. The van der Waals surface area contributed by atoms with Crippen LogP contribution in [0.2, 0.25) is 0 Å². The molecule has 3 saturated carbocycles. The van der Waals surface area contributed by atoms with Gasteiger partial charge in [0.2, 0.25) is 0 Å². The summed E-state index contributed by atoms with van der Waals surface area (Å²) in [6.07, 6.45) is 13.5. The van der Waals surface area contributed by atoms with Crippen molar-refractivity contribution in [2.24, 2.45) is 39.7 Å². The summed E-state index contributed by atoms with van der Waals surface area (Å²) in [5.74, 6) is 2.77. The second-order valence-electron chi connectivity index (χ2n) is 12.2. The second kappa shape index (κ2) is 9.40. The normalized spacial score (nSPS) is 42.2. The van der Waals surface area contributed by atoms with Gasteiger partial charge in [-0.1, -0.05) is 31.0 Å². The number of hydrogen-bond donors (Lipinski definition) is 1. The molecule has 1 N–H and O–H groups in total. The van der Waals surface area contributed by atoms with Crippen molar-refractivity contribution in [3.05, 3.63) is 11.6 Å². The van der Waals surface area contributed by atoms with E-state index in [1.165, 1.54) is 44.1 Å². The molecule has 7 atom stereocenters. The van der Waals surface area contributed by atoms with Crippen LogP contribution in [-0.4, -0.2) is 36.8 Å². The van der Waals surface area contributed by atoms with Crippen molar-refractivity contribution in [1.82, 2.24) is 5.32 Å². The van der Waals surface area contributed by atoms with Crippen LogP contribution < -0.4 is 5.32 Å². The van der Waals surface area contributed by atoms with Crippen molar-refractivity contribution in [3.63, 3.8) is 0 Å². The van der Waals surface area contributed by atoms with Gasteiger partial charge in [0.05, 0.1) is 5.71 Å². The van der Waals surface area contributed by atoms with Crippen LogP contribution in [0.3, 0.4) is 0 Å². The average molecular weight is 471 g/mol. The summed E-state index contributed by atoms with van der Waals surface area (Å²) in [6.45, 7) is 8.25. The Morgan fingerprint density at radius 2 is 1.94 bits per heavy atom. The zero-order chi connectivity index (χ0) is 23.9. The molecule has 5 rings (SSSR count). The molecule has 6 nitrogen and oxygen atoms in total. The van der Waals surface area contributed by atoms with Crippen molar-refractivity contribution < 1.29 is 19.2 Å². The lowest BCUT2D eigenvalue weighted by Crippen LogP contribution is -2.51. The summed E-state index contributed by atoms with van der Waals surface area (Å²) >= 11 is 0. The Hall–Kier alpha value is -1.69. The summed E-state index contributed by atoms with van der Waals surface area (Å²) in [5, 5.41) is 7.65. The third-order valence-corrected chi connectivity index (χ3v) is 10.5. The van der Waals surface area contributed by atoms with E-state index in [2.05, 4.69) is 24.3 Å². The Kier molecular flexibility index (Phi) is 6.64. The summed E-state index contributed by atoms with van der Waals surface area (Å²) < 4.78 is 5.31. The van der Waals surface area contributed by atoms with Crippen LogP contribution in [-0.2, 0) is 14.4 Å². The van der Waals surface area contributed by atoms with E-state index >= 15 is 0 Å².